The van der Waals surface area contributed by atoms with Crippen molar-refractivity contribution in [2.45, 2.75) is 5.92 Å². The number of rotatable bonds is 3. The molecule has 70 valence electrons. The van der Waals surface area contributed by atoms with Crippen molar-refractivity contribution in [2.24, 2.45) is 0 Å². The number of aromatic hydroxyl groups is 1. The van der Waals surface area contributed by atoms with Crippen molar-refractivity contribution in [3.05, 3.63) is 28.8 Å². The lowest BCUT2D eigenvalue weighted by Crippen LogP contribution is -2.01. The Hall–Kier alpha value is -0.540. The molecule has 4 heteroatoms. The molecule has 0 aliphatic carbocycles. The van der Waals surface area contributed by atoms with Crippen LogP contribution in [0, 0.1) is 0 Å². The molecular formula is C9H8BrClO2. The number of benzene rings is 1. The Morgan fingerprint density at radius 1 is 1.62 bits per heavy atom. The predicted octanol–water partition coefficient (Wildman–Crippen LogP) is 2.72. The van der Waals surface area contributed by atoms with E-state index in [0.29, 0.717) is 15.9 Å². The zero-order chi connectivity index (χ0) is 9.84. The number of halogens is 2. The van der Waals surface area contributed by atoms with Crippen LogP contribution in [-0.4, -0.2) is 16.7 Å². The van der Waals surface area contributed by atoms with Gasteiger partial charge in [0.15, 0.2) is 0 Å². The van der Waals surface area contributed by atoms with E-state index in [1.165, 1.54) is 6.07 Å². The van der Waals surface area contributed by atoms with E-state index in [4.69, 9.17) is 11.6 Å². The Bertz CT molecular complexity index is 314. The van der Waals surface area contributed by atoms with Crippen LogP contribution in [0.15, 0.2) is 18.2 Å². The van der Waals surface area contributed by atoms with Crippen LogP contribution in [-0.2, 0) is 4.79 Å². The lowest BCUT2D eigenvalue weighted by atomic mass is 10.0. The van der Waals surface area contributed by atoms with Crippen molar-refractivity contribution in [3.8, 4) is 5.75 Å². The molecule has 0 fully saturated rings. The van der Waals surface area contributed by atoms with Gasteiger partial charge in [0.05, 0.1) is 5.92 Å². The first-order valence-corrected chi connectivity index (χ1v) is 5.18. The second-order valence-electron chi connectivity index (χ2n) is 2.60. The minimum absolute atomic E-state index is 0.0981. The van der Waals surface area contributed by atoms with E-state index in [2.05, 4.69) is 15.9 Å². The summed E-state index contributed by atoms with van der Waals surface area (Å²) in [6.07, 6.45) is 0.778. The smallest absolute Gasteiger partial charge is 0.128 e. The van der Waals surface area contributed by atoms with E-state index < -0.39 is 0 Å². The van der Waals surface area contributed by atoms with Crippen molar-refractivity contribution < 1.29 is 9.90 Å². The van der Waals surface area contributed by atoms with Gasteiger partial charge in [0.25, 0.3) is 0 Å². The van der Waals surface area contributed by atoms with Gasteiger partial charge in [-0.25, -0.2) is 0 Å². The molecule has 0 aromatic heterocycles. The summed E-state index contributed by atoms with van der Waals surface area (Å²) in [6, 6.07) is 4.66. The highest BCUT2D eigenvalue weighted by Crippen LogP contribution is 2.28. The molecule has 1 atom stereocenters. The van der Waals surface area contributed by atoms with Crippen LogP contribution in [0.4, 0.5) is 0 Å². The lowest BCUT2D eigenvalue weighted by molar-refractivity contribution is -0.108. The van der Waals surface area contributed by atoms with Crippen LogP contribution in [0.5, 0.6) is 5.75 Å². The number of hydrogen-bond donors (Lipinski definition) is 1. The molecule has 1 aromatic rings. The fourth-order valence-electron chi connectivity index (χ4n) is 1.02. The van der Waals surface area contributed by atoms with Crippen molar-refractivity contribution >= 4 is 33.8 Å². The topological polar surface area (TPSA) is 37.3 Å². The molecule has 13 heavy (non-hydrogen) atoms. The van der Waals surface area contributed by atoms with Gasteiger partial charge in [-0.15, -0.1) is 0 Å². The minimum Gasteiger partial charge on any atom is -0.508 e. The van der Waals surface area contributed by atoms with Crippen molar-refractivity contribution in [2.75, 3.05) is 5.33 Å². The second kappa shape index (κ2) is 4.63. The van der Waals surface area contributed by atoms with Gasteiger partial charge in [-0.05, 0) is 18.2 Å². The Morgan fingerprint density at radius 3 is 2.85 bits per heavy atom. The molecule has 0 saturated heterocycles. The third-order valence-corrected chi connectivity index (χ3v) is 2.65. The maximum absolute atomic E-state index is 10.6. The van der Waals surface area contributed by atoms with Gasteiger partial charge < -0.3 is 9.90 Å². The number of carbonyl (C=O) groups is 1. The van der Waals surface area contributed by atoms with Gasteiger partial charge in [0.1, 0.15) is 12.0 Å². The molecular weight excluding hydrogens is 255 g/mol. The average molecular weight is 264 g/mol. The van der Waals surface area contributed by atoms with Crippen molar-refractivity contribution in [1.29, 1.82) is 0 Å². The first-order valence-electron chi connectivity index (χ1n) is 3.68. The number of aldehydes is 1. The zero-order valence-corrected chi connectivity index (χ0v) is 9.05. The fraction of sp³-hybridized carbons (Fsp3) is 0.222. The predicted molar refractivity (Wildman–Crippen MR) is 55.7 cm³/mol. The van der Waals surface area contributed by atoms with Crippen LogP contribution in [0.3, 0.4) is 0 Å². The normalized spacial score (nSPS) is 12.5. The summed E-state index contributed by atoms with van der Waals surface area (Å²) in [5.74, 6) is -0.250. The van der Waals surface area contributed by atoms with Crippen LogP contribution in [0.1, 0.15) is 11.5 Å². The van der Waals surface area contributed by atoms with E-state index in [1.807, 2.05) is 0 Å². The molecule has 1 unspecified atom stereocenters. The second-order valence-corrected chi connectivity index (χ2v) is 3.68. The van der Waals surface area contributed by atoms with Crippen LogP contribution >= 0.6 is 27.5 Å². The summed E-state index contributed by atoms with van der Waals surface area (Å²) in [5, 5.41) is 10.4. The summed E-state index contributed by atoms with van der Waals surface area (Å²) in [7, 11) is 0. The maximum Gasteiger partial charge on any atom is 0.128 e. The Labute approximate surface area is 89.7 Å². The first kappa shape index (κ1) is 10.5. The van der Waals surface area contributed by atoms with Gasteiger partial charge in [0.2, 0.25) is 0 Å². The molecule has 0 heterocycles. The molecule has 0 saturated carbocycles. The summed E-state index contributed by atoms with van der Waals surface area (Å²) >= 11 is 8.92. The largest absolute Gasteiger partial charge is 0.508 e. The average Bonchev–Trinajstić information content (AvgIpc) is 2.13. The number of alkyl halides is 1. The molecule has 0 spiro atoms. The quantitative estimate of drug-likeness (QED) is 0.672. The van der Waals surface area contributed by atoms with E-state index in [-0.39, 0.29) is 11.7 Å². The molecule has 0 aliphatic heterocycles. The standard InChI is InChI=1S/C9H8BrClO2/c10-4-6(5-12)8-3-7(11)1-2-9(8)13/h1-3,5-6,13H,4H2. The molecule has 1 rings (SSSR count). The number of hydrogen-bond acceptors (Lipinski definition) is 2. The summed E-state index contributed by atoms with van der Waals surface area (Å²) in [6.45, 7) is 0. The molecule has 1 N–H and O–H groups in total. The van der Waals surface area contributed by atoms with Gasteiger partial charge in [-0.2, -0.15) is 0 Å². The third-order valence-electron chi connectivity index (χ3n) is 1.72. The molecule has 1 aromatic carbocycles. The summed E-state index contributed by atoms with van der Waals surface area (Å²) in [5.41, 5.74) is 0.555. The van der Waals surface area contributed by atoms with Gasteiger partial charge in [-0.3, -0.25) is 0 Å². The SMILES string of the molecule is O=CC(CBr)c1cc(Cl)ccc1O. The highest BCUT2D eigenvalue weighted by Gasteiger charge is 2.13. The highest BCUT2D eigenvalue weighted by atomic mass is 79.9. The summed E-state index contributed by atoms with van der Waals surface area (Å²) in [4.78, 5) is 10.6. The van der Waals surface area contributed by atoms with E-state index in [0.717, 1.165) is 6.29 Å². The Kier molecular flexibility index (Phi) is 3.75. The molecule has 0 amide bonds. The fourth-order valence-corrected chi connectivity index (χ4v) is 1.70. The van der Waals surface area contributed by atoms with Crippen LogP contribution in [0.25, 0.3) is 0 Å². The molecule has 0 radical (unpaired) electrons. The van der Waals surface area contributed by atoms with Crippen molar-refractivity contribution in [3.63, 3.8) is 0 Å². The lowest BCUT2D eigenvalue weighted by Gasteiger charge is -2.09. The van der Waals surface area contributed by atoms with Crippen LogP contribution < -0.4 is 0 Å². The van der Waals surface area contributed by atoms with E-state index >= 15 is 0 Å². The number of carbonyl (C=O) groups excluding carboxylic acids is 1. The van der Waals surface area contributed by atoms with Gasteiger partial charge in [0, 0.05) is 15.9 Å². The van der Waals surface area contributed by atoms with E-state index in [1.54, 1.807) is 12.1 Å². The minimum atomic E-state index is -0.348. The third kappa shape index (κ3) is 2.45. The van der Waals surface area contributed by atoms with E-state index in [9.17, 15) is 9.90 Å². The zero-order valence-electron chi connectivity index (χ0n) is 6.71. The first-order chi connectivity index (χ1) is 6.19. The Balaban J connectivity index is 3.10. The Morgan fingerprint density at radius 2 is 2.31 bits per heavy atom. The van der Waals surface area contributed by atoms with Crippen LogP contribution in [0.2, 0.25) is 5.02 Å². The van der Waals surface area contributed by atoms with Gasteiger partial charge in [-0.1, -0.05) is 27.5 Å². The molecule has 2 nitrogen and oxygen atoms in total. The molecule has 0 aliphatic rings. The monoisotopic (exact) mass is 262 g/mol. The number of phenolic OH excluding ortho intramolecular Hbond substituents is 1. The number of phenols is 1. The highest BCUT2D eigenvalue weighted by molar-refractivity contribution is 9.09. The van der Waals surface area contributed by atoms with Crippen molar-refractivity contribution in [1.82, 2.24) is 0 Å². The summed E-state index contributed by atoms with van der Waals surface area (Å²) < 4.78 is 0. The van der Waals surface area contributed by atoms with Gasteiger partial charge >= 0.3 is 0 Å². The maximum atomic E-state index is 10.6. The molecule has 0 bridgehead atoms.